The molecule has 5 aromatic rings. The van der Waals surface area contributed by atoms with Crippen LogP contribution in [-0.4, -0.2) is 25.7 Å². The lowest BCUT2D eigenvalue weighted by molar-refractivity contribution is -0.111. The van der Waals surface area contributed by atoms with Crippen LogP contribution < -0.4 is 5.32 Å². The molecule has 0 radical (unpaired) electrons. The summed E-state index contributed by atoms with van der Waals surface area (Å²) in [6.45, 7) is 3.98. The second-order valence-corrected chi connectivity index (χ2v) is 8.45. The second-order valence-electron chi connectivity index (χ2n) is 7.49. The number of carbonyl (C=O) groups is 1. The third-order valence-corrected chi connectivity index (χ3v) is 6.15. The van der Waals surface area contributed by atoms with Gasteiger partial charge in [0.1, 0.15) is 16.5 Å². The van der Waals surface area contributed by atoms with Gasteiger partial charge < -0.3 is 9.73 Å². The number of carbonyl (C=O) groups excluding carboxylic acids is 1. The van der Waals surface area contributed by atoms with Gasteiger partial charge in [-0.2, -0.15) is 9.61 Å². The zero-order chi connectivity index (χ0) is 22.8. The SMILES string of the molecule is CCc1nnc2sc(-c3ccc(C)c(NC(=O)/C=C/c4ccc(-c5ccccc5)o4)c3)nn12. The Balaban J connectivity index is 1.32. The van der Waals surface area contributed by atoms with E-state index in [0.717, 1.165) is 50.4 Å². The van der Waals surface area contributed by atoms with Crippen LogP contribution in [0, 0.1) is 6.92 Å². The molecule has 0 saturated carbocycles. The average Bonchev–Trinajstić information content (AvgIpc) is 3.56. The lowest BCUT2D eigenvalue weighted by atomic mass is 10.1. The van der Waals surface area contributed by atoms with Gasteiger partial charge in [0.15, 0.2) is 5.82 Å². The van der Waals surface area contributed by atoms with Crippen molar-refractivity contribution in [3.05, 3.63) is 83.9 Å². The number of furan rings is 1. The van der Waals surface area contributed by atoms with Gasteiger partial charge in [-0.3, -0.25) is 4.79 Å². The van der Waals surface area contributed by atoms with E-state index in [-0.39, 0.29) is 5.91 Å². The number of amides is 1. The van der Waals surface area contributed by atoms with Crippen molar-refractivity contribution in [1.82, 2.24) is 19.8 Å². The highest BCUT2D eigenvalue weighted by atomic mass is 32.1. The van der Waals surface area contributed by atoms with Gasteiger partial charge in [-0.1, -0.05) is 60.7 Å². The van der Waals surface area contributed by atoms with E-state index in [9.17, 15) is 4.79 Å². The molecule has 0 aliphatic carbocycles. The van der Waals surface area contributed by atoms with Gasteiger partial charge in [-0.15, -0.1) is 10.2 Å². The Labute approximate surface area is 194 Å². The molecule has 8 heteroatoms. The third-order valence-electron chi connectivity index (χ3n) is 5.20. The normalized spacial score (nSPS) is 11.5. The summed E-state index contributed by atoms with van der Waals surface area (Å²) in [5.41, 5.74) is 3.59. The molecule has 3 heterocycles. The molecule has 5 rings (SSSR count). The first-order valence-electron chi connectivity index (χ1n) is 10.6. The predicted molar refractivity (Wildman–Crippen MR) is 130 cm³/mol. The first-order valence-corrected chi connectivity index (χ1v) is 11.4. The molecule has 0 fully saturated rings. The molecule has 164 valence electrons. The Kier molecular flexibility index (Phi) is 5.58. The number of hydrogen-bond donors (Lipinski definition) is 1. The van der Waals surface area contributed by atoms with E-state index in [0.29, 0.717) is 5.76 Å². The van der Waals surface area contributed by atoms with Crippen LogP contribution in [0.15, 0.2) is 71.2 Å². The zero-order valence-corrected chi connectivity index (χ0v) is 19.0. The Morgan fingerprint density at radius 2 is 1.94 bits per heavy atom. The molecular weight excluding hydrogens is 434 g/mol. The fourth-order valence-corrected chi connectivity index (χ4v) is 4.27. The van der Waals surface area contributed by atoms with Crippen LogP contribution in [0.1, 0.15) is 24.1 Å². The second kappa shape index (κ2) is 8.84. The van der Waals surface area contributed by atoms with E-state index in [1.54, 1.807) is 10.6 Å². The molecule has 0 atom stereocenters. The predicted octanol–water partition coefficient (Wildman–Crippen LogP) is 5.64. The summed E-state index contributed by atoms with van der Waals surface area (Å²) in [6.07, 6.45) is 3.89. The lowest BCUT2D eigenvalue weighted by Gasteiger charge is -2.08. The smallest absolute Gasteiger partial charge is 0.248 e. The van der Waals surface area contributed by atoms with Crippen LogP contribution in [0.2, 0.25) is 0 Å². The van der Waals surface area contributed by atoms with Gasteiger partial charge in [-0.05, 0) is 36.8 Å². The van der Waals surface area contributed by atoms with E-state index in [1.807, 2.05) is 74.5 Å². The molecule has 1 N–H and O–H groups in total. The minimum Gasteiger partial charge on any atom is -0.457 e. The summed E-state index contributed by atoms with van der Waals surface area (Å²) < 4.78 is 7.60. The van der Waals surface area contributed by atoms with Crippen LogP contribution in [0.4, 0.5) is 5.69 Å². The monoisotopic (exact) mass is 455 g/mol. The molecule has 0 spiro atoms. The highest BCUT2D eigenvalue weighted by Gasteiger charge is 2.13. The zero-order valence-electron chi connectivity index (χ0n) is 18.1. The molecule has 0 saturated heterocycles. The molecule has 2 aromatic carbocycles. The van der Waals surface area contributed by atoms with Crippen molar-refractivity contribution in [2.24, 2.45) is 0 Å². The summed E-state index contributed by atoms with van der Waals surface area (Å²) in [7, 11) is 0. The number of fused-ring (bicyclic) bond motifs is 1. The summed E-state index contributed by atoms with van der Waals surface area (Å²) >= 11 is 1.47. The number of rotatable bonds is 6. The minimum atomic E-state index is -0.237. The molecule has 7 nitrogen and oxygen atoms in total. The summed E-state index contributed by atoms with van der Waals surface area (Å²) in [5.74, 6) is 1.96. The number of aryl methyl sites for hydroxylation is 2. The fourth-order valence-electron chi connectivity index (χ4n) is 3.42. The molecule has 3 aromatic heterocycles. The van der Waals surface area contributed by atoms with Crippen molar-refractivity contribution in [2.75, 3.05) is 5.32 Å². The van der Waals surface area contributed by atoms with E-state index >= 15 is 0 Å². The van der Waals surface area contributed by atoms with Crippen LogP contribution in [0.3, 0.4) is 0 Å². The van der Waals surface area contributed by atoms with Crippen molar-refractivity contribution in [3.63, 3.8) is 0 Å². The molecule has 0 aliphatic heterocycles. The van der Waals surface area contributed by atoms with Crippen LogP contribution in [0.25, 0.3) is 32.9 Å². The quantitative estimate of drug-likeness (QED) is 0.335. The van der Waals surface area contributed by atoms with Gasteiger partial charge in [-0.25, -0.2) is 0 Å². The highest BCUT2D eigenvalue weighted by Crippen LogP contribution is 2.29. The summed E-state index contributed by atoms with van der Waals surface area (Å²) in [6, 6.07) is 19.5. The highest BCUT2D eigenvalue weighted by molar-refractivity contribution is 7.19. The largest absolute Gasteiger partial charge is 0.457 e. The molecule has 0 aliphatic rings. The van der Waals surface area contributed by atoms with E-state index < -0.39 is 0 Å². The van der Waals surface area contributed by atoms with E-state index in [1.165, 1.54) is 17.4 Å². The number of anilines is 1. The summed E-state index contributed by atoms with van der Waals surface area (Å²) in [4.78, 5) is 13.3. The van der Waals surface area contributed by atoms with Gasteiger partial charge in [0.05, 0.1) is 0 Å². The molecule has 33 heavy (non-hydrogen) atoms. The van der Waals surface area contributed by atoms with Crippen molar-refractivity contribution >= 4 is 34.0 Å². The van der Waals surface area contributed by atoms with Crippen LogP contribution in [-0.2, 0) is 11.2 Å². The average molecular weight is 456 g/mol. The maximum absolute atomic E-state index is 12.6. The maximum Gasteiger partial charge on any atom is 0.248 e. The van der Waals surface area contributed by atoms with Crippen molar-refractivity contribution in [2.45, 2.75) is 20.3 Å². The maximum atomic E-state index is 12.6. The third kappa shape index (κ3) is 4.33. The van der Waals surface area contributed by atoms with Crippen LogP contribution in [0.5, 0.6) is 0 Å². The van der Waals surface area contributed by atoms with E-state index in [4.69, 9.17) is 4.42 Å². The first-order chi connectivity index (χ1) is 16.1. The van der Waals surface area contributed by atoms with Crippen molar-refractivity contribution < 1.29 is 9.21 Å². The molecule has 0 bridgehead atoms. The Hall–Kier alpha value is -4.04. The Morgan fingerprint density at radius 3 is 2.76 bits per heavy atom. The lowest BCUT2D eigenvalue weighted by Crippen LogP contribution is -2.09. The molecule has 0 unspecified atom stereocenters. The molecule has 1 amide bonds. The number of benzene rings is 2. The number of nitrogens with one attached hydrogen (secondary N) is 1. The Bertz CT molecular complexity index is 1460. The van der Waals surface area contributed by atoms with Crippen molar-refractivity contribution in [3.8, 4) is 21.9 Å². The first kappa shape index (κ1) is 20.8. The van der Waals surface area contributed by atoms with Crippen molar-refractivity contribution in [1.29, 1.82) is 0 Å². The number of nitrogens with zero attached hydrogens (tertiary/aromatic N) is 4. The molecular formula is C25H21N5O2S. The van der Waals surface area contributed by atoms with Gasteiger partial charge in [0, 0.05) is 29.3 Å². The minimum absolute atomic E-state index is 0.237. The number of aromatic nitrogens is 4. The summed E-state index contributed by atoms with van der Waals surface area (Å²) in [5, 5.41) is 16.7. The fraction of sp³-hybridized carbons (Fsp3) is 0.120. The van der Waals surface area contributed by atoms with Gasteiger partial charge >= 0.3 is 0 Å². The topological polar surface area (TPSA) is 85.3 Å². The Morgan fingerprint density at radius 1 is 1.09 bits per heavy atom. The van der Waals surface area contributed by atoms with E-state index in [2.05, 4.69) is 20.6 Å². The number of hydrogen-bond acceptors (Lipinski definition) is 6. The van der Waals surface area contributed by atoms with Crippen LogP contribution >= 0.6 is 11.3 Å². The van der Waals surface area contributed by atoms with Gasteiger partial charge in [0.25, 0.3) is 0 Å². The van der Waals surface area contributed by atoms with Gasteiger partial charge in [0.2, 0.25) is 10.9 Å². The standard InChI is InChI=1S/C25H21N5O2S/c1-3-22-27-28-25-30(22)29-24(33-25)18-10-9-16(2)20(15-18)26-23(31)14-12-19-11-13-21(32-19)17-7-5-4-6-8-17/h4-15H,3H2,1-2H3,(H,26,31)/b14-12+.